The summed E-state index contributed by atoms with van der Waals surface area (Å²) in [7, 11) is 1.40. The number of rotatable bonds is 13. The summed E-state index contributed by atoms with van der Waals surface area (Å²) in [4.78, 5) is 0. The quantitative estimate of drug-likeness (QED) is 0.389. The molecule has 0 aliphatic carbocycles. The number of unbranched alkanes of at least 4 members (excludes halogenated alkanes) is 11. The Hall–Kier alpha value is 0.177. The third-order valence-electron chi connectivity index (χ3n) is 3.31. The predicted octanol–water partition coefficient (Wildman–Crippen LogP) is 3.41. The van der Waals surface area contributed by atoms with E-state index < -0.39 is 0 Å². The second-order valence-electron chi connectivity index (χ2n) is 5.03. The average Bonchev–Trinajstić information content (AvgIpc) is 2.31. The van der Waals surface area contributed by atoms with Crippen LogP contribution in [-0.2, 0) is 0 Å². The van der Waals surface area contributed by atoms with Crippen LogP contribution in [0.1, 0.15) is 77.0 Å². The summed E-state index contributed by atoms with van der Waals surface area (Å²) in [5, 5.41) is 0. The van der Waals surface area contributed by atoms with Crippen LogP contribution in [0.25, 0.3) is 0 Å². The molecule has 0 heterocycles. The topological polar surface area (TPSA) is 26.0 Å². The van der Waals surface area contributed by atoms with E-state index in [2.05, 4.69) is 0 Å². The standard InChI is InChI=1S/C14H33NSi/c15-13-11-9-7-5-3-1-2-4-6-8-10-12-14-16/h1-15H2,16H3. The Balaban J connectivity index is 2.83. The summed E-state index contributed by atoms with van der Waals surface area (Å²) in [6.07, 6.45) is 17.2. The minimum Gasteiger partial charge on any atom is -0.330 e. The van der Waals surface area contributed by atoms with Crippen LogP contribution in [0.15, 0.2) is 0 Å². The number of hydrogen-bond donors (Lipinski definition) is 1. The molecular formula is C14H33NSi. The molecule has 0 aromatic rings. The Morgan fingerprint density at radius 1 is 0.500 bits per heavy atom. The van der Waals surface area contributed by atoms with E-state index in [0.29, 0.717) is 0 Å². The summed E-state index contributed by atoms with van der Waals surface area (Å²) in [6, 6.07) is 1.50. The Kier molecular flexibility index (Phi) is 15.3. The summed E-state index contributed by atoms with van der Waals surface area (Å²) in [5.74, 6) is 0. The fourth-order valence-electron chi connectivity index (χ4n) is 2.16. The van der Waals surface area contributed by atoms with Crippen molar-refractivity contribution >= 4 is 10.2 Å². The Morgan fingerprint density at radius 3 is 1.12 bits per heavy atom. The highest BCUT2D eigenvalue weighted by Gasteiger charge is 1.92. The second-order valence-corrected chi connectivity index (χ2v) is 6.03. The van der Waals surface area contributed by atoms with E-state index in [4.69, 9.17) is 5.73 Å². The van der Waals surface area contributed by atoms with Crippen molar-refractivity contribution in [3.05, 3.63) is 0 Å². The van der Waals surface area contributed by atoms with Crippen LogP contribution in [0.5, 0.6) is 0 Å². The van der Waals surface area contributed by atoms with Crippen molar-refractivity contribution in [1.29, 1.82) is 0 Å². The van der Waals surface area contributed by atoms with Crippen molar-refractivity contribution in [2.45, 2.75) is 83.1 Å². The first-order valence-electron chi connectivity index (χ1n) is 7.62. The van der Waals surface area contributed by atoms with Gasteiger partial charge in [0.05, 0.1) is 0 Å². The number of nitrogens with two attached hydrogens (primary N) is 1. The SMILES string of the molecule is NCCCCCCCCCCCCCC[SiH3]. The van der Waals surface area contributed by atoms with E-state index in [-0.39, 0.29) is 0 Å². The highest BCUT2D eigenvalue weighted by molar-refractivity contribution is 6.08. The van der Waals surface area contributed by atoms with Gasteiger partial charge in [-0.25, -0.2) is 0 Å². The predicted molar refractivity (Wildman–Crippen MR) is 79.2 cm³/mol. The molecule has 0 radical (unpaired) electrons. The zero-order chi connectivity index (χ0) is 11.9. The molecule has 2 heteroatoms. The van der Waals surface area contributed by atoms with Crippen LogP contribution in [0.4, 0.5) is 0 Å². The smallest absolute Gasteiger partial charge is 0.00279 e. The van der Waals surface area contributed by atoms with E-state index in [1.807, 2.05) is 0 Å². The zero-order valence-corrected chi connectivity index (χ0v) is 13.5. The first-order valence-corrected chi connectivity index (χ1v) is 9.03. The zero-order valence-electron chi connectivity index (χ0n) is 11.5. The lowest BCUT2D eigenvalue weighted by atomic mass is 10.1. The van der Waals surface area contributed by atoms with E-state index in [9.17, 15) is 0 Å². The van der Waals surface area contributed by atoms with Gasteiger partial charge in [-0.2, -0.15) is 0 Å². The van der Waals surface area contributed by atoms with Gasteiger partial charge >= 0.3 is 0 Å². The third kappa shape index (κ3) is 14.2. The maximum Gasteiger partial charge on any atom is 0.00279 e. The molecule has 2 N–H and O–H groups in total. The maximum absolute atomic E-state index is 5.46. The fraction of sp³-hybridized carbons (Fsp3) is 1.00. The maximum atomic E-state index is 5.46. The molecule has 0 unspecified atom stereocenters. The van der Waals surface area contributed by atoms with Gasteiger partial charge in [-0.05, 0) is 13.0 Å². The van der Waals surface area contributed by atoms with Gasteiger partial charge in [0.1, 0.15) is 0 Å². The van der Waals surface area contributed by atoms with Gasteiger partial charge in [0.2, 0.25) is 0 Å². The Labute approximate surface area is 106 Å². The molecule has 0 atom stereocenters. The van der Waals surface area contributed by atoms with Crippen LogP contribution in [-0.4, -0.2) is 16.8 Å². The molecule has 0 saturated carbocycles. The minimum absolute atomic E-state index is 0.875. The van der Waals surface area contributed by atoms with Gasteiger partial charge < -0.3 is 5.73 Å². The molecule has 0 aliphatic heterocycles. The highest BCUT2D eigenvalue weighted by atomic mass is 28.1. The normalized spacial score (nSPS) is 11.1. The van der Waals surface area contributed by atoms with Gasteiger partial charge in [0, 0.05) is 10.2 Å². The monoisotopic (exact) mass is 243 g/mol. The van der Waals surface area contributed by atoms with Crippen LogP contribution in [0.3, 0.4) is 0 Å². The summed E-state index contributed by atoms with van der Waals surface area (Å²) < 4.78 is 0. The van der Waals surface area contributed by atoms with Crippen molar-refractivity contribution in [2.24, 2.45) is 5.73 Å². The molecular weight excluding hydrogens is 210 g/mol. The molecule has 0 amide bonds. The molecule has 0 aromatic heterocycles. The first-order chi connectivity index (χ1) is 7.91. The highest BCUT2D eigenvalue weighted by Crippen LogP contribution is 2.11. The summed E-state index contributed by atoms with van der Waals surface area (Å²) in [6.45, 7) is 0.875. The minimum atomic E-state index is 0.875. The molecule has 1 nitrogen and oxygen atoms in total. The molecule has 0 aromatic carbocycles. The van der Waals surface area contributed by atoms with Crippen molar-refractivity contribution in [3.8, 4) is 0 Å². The van der Waals surface area contributed by atoms with Crippen molar-refractivity contribution in [2.75, 3.05) is 6.54 Å². The van der Waals surface area contributed by atoms with Crippen LogP contribution < -0.4 is 5.73 Å². The van der Waals surface area contributed by atoms with Crippen LogP contribution in [0.2, 0.25) is 6.04 Å². The Bertz CT molecular complexity index is 103. The molecule has 0 spiro atoms. The van der Waals surface area contributed by atoms with E-state index in [0.717, 1.165) is 6.54 Å². The van der Waals surface area contributed by atoms with Gasteiger partial charge in [0.25, 0.3) is 0 Å². The van der Waals surface area contributed by atoms with E-state index in [1.165, 1.54) is 93.3 Å². The molecule has 0 fully saturated rings. The van der Waals surface area contributed by atoms with Gasteiger partial charge in [-0.15, -0.1) is 0 Å². The first kappa shape index (κ1) is 16.2. The van der Waals surface area contributed by atoms with Crippen LogP contribution in [0, 0.1) is 0 Å². The molecule has 16 heavy (non-hydrogen) atoms. The lowest BCUT2D eigenvalue weighted by Gasteiger charge is -2.02. The van der Waals surface area contributed by atoms with Crippen LogP contribution >= 0.6 is 0 Å². The third-order valence-corrected chi connectivity index (χ3v) is 4.01. The lowest BCUT2D eigenvalue weighted by Crippen LogP contribution is -1.97. The van der Waals surface area contributed by atoms with E-state index in [1.54, 1.807) is 0 Å². The van der Waals surface area contributed by atoms with Gasteiger partial charge in [0.15, 0.2) is 0 Å². The summed E-state index contributed by atoms with van der Waals surface area (Å²) >= 11 is 0. The fourth-order valence-corrected chi connectivity index (χ4v) is 2.66. The summed E-state index contributed by atoms with van der Waals surface area (Å²) in [5.41, 5.74) is 5.46. The Morgan fingerprint density at radius 2 is 0.812 bits per heavy atom. The molecule has 0 bridgehead atoms. The number of hydrogen-bond acceptors (Lipinski definition) is 1. The van der Waals surface area contributed by atoms with Gasteiger partial charge in [-0.3, -0.25) is 0 Å². The van der Waals surface area contributed by atoms with Gasteiger partial charge in [-0.1, -0.05) is 76.7 Å². The van der Waals surface area contributed by atoms with Crippen molar-refractivity contribution in [3.63, 3.8) is 0 Å². The van der Waals surface area contributed by atoms with Crippen molar-refractivity contribution < 1.29 is 0 Å². The average molecular weight is 244 g/mol. The molecule has 0 rings (SSSR count). The molecule has 98 valence electrons. The molecule has 0 aliphatic rings. The lowest BCUT2D eigenvalue weighted by molar-refractivity contribution is 0.545. The second kappa shape index (κ2) is 15.2. The largest absolute Gasteiger partial charge is 0.330 e. The van der Waals surface area contributed by atoms with E-state index >= 15 is 0 Å². The molecule has 0 saturated heterocycles. The van der Waals surface area contributed by atoms with Crippen molar-refractivity contribution in [1.82, 2.24) is 0 Å².